The number of nitrogens with zero attached hydrogens (tertiary/aromatic N) is 1. The van der Waals surface area contributed by atoms with Crippen molar-refractivity contribution < 1.29 is 42.9 Å². The summed E-state index contributed by atoms with van der Waals surface area (Å²) in [5.74, 6) is -2.11. The van der Waals surface area contributed by atoms with Crippen LogP contribution in [-0.2, 0) is 33.3 Å². The number of carbonyl (C=O) groups excluding carboxylic acids is 2. The molecule has 0 aromatic rings. The molecule has 2 unspecified atom stereocenters. The van der Waals surface area contributed by atoms with Gasteiger partial charge in [-0.2, -0.15) is 0 Å². The fraction of sp³-hybridized carbons (Fsp3) is 0.526. The van der Waals surface area contributed by atoms with Crippen LogP contribution in [0.25, 0.3) is 0 Å². The van der Waals surface area contributed by atoms with Crippen LogP contribution < -0.4 is 0 Å². The van der Waals surface area contributed by atoms with Gasteiger partial charge in [0.15, 0.2) is 6.10 Å². The van der Waals surface area contributed by atoms with Crippen LogP contribution in [0, 0.1) is 0 Å². The lowest BCUT2D eigenvalue weighted by Gasteiger charge is -2.25. The quantitative estimate of drug-likeness (QED) is 0.0211. The maximum Gasteiger partial charge on any atom is 0.361 e. The lowest BCUT2D eigenvalue weighted by atomic mass is 10.1. The lowest BCUT2D eigenvalue weighted by Crippen LogP contribution is -2.40. The van der Waals surface area contributed by atoms with E-state index in [0.717, 1.165) is 148 Å². The van der Waals surface area contributed by atoms with E-state index < -0.39 is 24.3 Å². The number of carboxylic acids is 1. The second kappa shape index (κ2) is 65.8. The molecule has 0 aromatic heterocycles. The summed E-state index contributed by atoms with van der Waals surface area (Å²) in [4.78, 5) is 37.6. The van der Waals surface area contributed by atoms with Crippen LogP contribution in [-0.4, -0.2) is 87.4 Å². The number of hydrogen-bond acceptors (Lipinski definition) is 7. The summed E-state index contributed by atoms with van der Waals surface area (Å²) in [5, 5.41) is 9.74. The molecule has 9 heteroatoms. The SMILES string of the molecule is CC/C=C\C/C=C\C/C=C\C/C=C\C/C=C\C/C=C\C/C=C\C/C=C\C/C=C\C/C=C\CCCCC(=O)OC(COC(=O)CCCCCCCCC/C=C\C/C=C\C/C=C\C/C=C\C/C=C\C/C=C\C/C=C\CC)COC(OCC[N+](C)(C)C)C(=O)O. The molecule has 0 fully saturated rings. The molecule has 484 valence electrons. The van der Waals surface area contributed by atoms with Gasteiger partial charge in [0.2, 0.25) is 0 Å². The predicted molar refractivity (Wildman–Crippen MR) is 372 cm³/mol. The van der Waals surface area contributed by atoms with Gasteiger partial charge in [0.1, 0.15) is 13.2 Å². The van der Waals surface area contributed by atoms with E-state index in [1.807, 2.05) is 21.1 Å². The van der Waals surface area contributed by atoms with Gasteiger partial charge in [-0.1, -0.05) is 253 Å². The molecular formula is C78H120NO8+. The van der Waals surface area contributed by atoms with Crippen LogP contribution in [0.15, 0.2) is 207 Å². The van der Waals surface area contributed by atoms with Crippen LogP contribution in [0.5, 0.6) is 0 Å². The zero-order valence-corrected chi connectivity index (χ0v) is 55.1. The molecule has 0 amide bonds. The smallest absolute Gasteiger partial charge is 0.361 e. The fourth-order valence-electron chi connectivity index (χ4n) is 8.02. The van der Waals surface area contributed by atoms with E-state index in [1.54, 1.807) is 0 Å². The van der Waals surface area contributed by atoms with E-state index in [1.165, 1.54) is 19.3 Å². The molecule has 1 N–H and O–H groups in total. The Bertz CT molecular complexity index is 2180. The molecule has 0 aliphatic heterocycles. The van der Waals surface area contributed by atoms with Crippen molar-refractivity contribution in [2.45, 2.75) is 219 Å². The maximum atomic E-state index is 12.9. The van der Waals surface area contributed by atoms with E-state index >= 15 is 0 Å². The number of allylic oxidation sites excluding steroid dienone is 34. The third-order valence-corrected chi connectivity index (χ3v) is 13.0. The molecule has 0 saturated carbocycles. The lowest BCUT2D eigenvalue weighted by molar-refractivity contribution is -0.870. The number of unbranched alkanes of at least 4 members (excludes halogenated alkanes) is 9. The van der Waals surface area contributed by atoms with Gasteiger partial charge in [-0.05, 0) is 148 Å². The maximum absolute atomic E-state index is 12.9. The number of hydrogen-bond donors (Lipinski definition) is 1. The average molecular weight is 1200 g/mol. The molecule has 0 aliphatic carbocycles. The number of aliphatic carboxylic acids is 1. The molecule has 0 saturated heterocycles. The van der Waals surface area contributed by atoms with Crippen LogP contribution in [0.2, 0.25) is 0 Å². The van der Waals surface area contributed by atoms with Crippen molar-refractivity contribution in [1.82, 2.24) is 0 Å². The second-order valence-corrected chi connectivity index (χ2v) is 22.3. The monoisotopic (exact) mass is 1200 g/mol. The molecule has 9 nitrogen and oxygen atoms in total. The fourth-order valence-corrected chi connectivity index (χ4v) is 8.02. The van der Waals surface area contributed by atoms with Gasteiger partial charge in [-0.15, -0.1) is 0 Å². The van der Waals surface area contributed by atoms with Crippen LogP contribution in [0.4, 0.5) is 0 Å². The first-order valence-corrected chi connectivity index (χ1v) is 33.2. The molecule has 2 atom stereocenters. The second-order valence-electron chi connectivity index (χ2n) is 22.3. The Kier molecular flexibility index (Phi) is 61.2. The molecule has 0 bridgehead atoms. The van der Waals surface area contributed by atoms with Crippen molar-refractivity contribution >= 4 is 17.9 Å². The number of quaternary nitrogens is 1. The van der Waals surface area contributed by atoms with E-state index in [-0.39, 0.29) is 38.6 Å². The van der Waals surface area contributed by atoms with Crippen molar-refractivity contribution in [2.24, 2.45) is 0 Å². The molecule has 0 heterocycles. The van der Waals surface area contributed by atoms with Gasteiger partial charge in [0.25, 0.3) is 6.29 Å². The molecule has 87 heavy (non-hydrogen) atoms. The van der Waals surface area contributed by atoms with Crippen molar-refractivity contribution in [2.75, 3.05) is 47.5 Å². The van der Waals surface area contributed by atoms with Gasteiger partial charge < -0.3 is 28.5 Å². The summed E-state index contributed by atoms with van der Waals surface area (Å²) in [5.41, 5.74) is 0. The molecular weight excluding hydrogens is 1080 g/mol. The van der Waals surface area contributed by atoms with Gasteiger partial charge in [-0.25, -0.2) is 4.79 Å². The third kappa shape index (κ3) is 67.2. The Morgan fingerprint density at radius 1 is 0.345 bits per heavy atom. The minimum absolute atomic E-state index is 0.164. The predicted octanol–water partition coefficient (Wildman–Crippen LogP) is 20.8. The minimum Gasteiger partial charge on any atom is -0.477 e. The van der Waals surface area contributed by atoms with Gasteiger partial charge in [0.05, 0.1) is 34.4 Å². The summed E-state index contributed by atoms with van der Waals surface area (Å²) >= 11 is 0. The van der Waals surface area contributed by atoms with Crippen molar-refractivity contribution in [3.63, 3.8) is 0 Å². The van der Waals surface area contributed by atoms with Gasteiger partial charge in [0, 0.05) is 12.8 Å². The van der Waals surface area contributed by atoms with Gasteiger partial charge in [-0.3, -0.25) is 9.59 Å². The largest absolute Gasteiger partial charge is 0.477 e. The van der Waals surface area contributed by atoms with Crippen LogP contribution in [0.3, 0.4) is 0 Å². The first-order valence-electron chi connectivity index (χ1n) is 33.2. The molecule has 0 aromatic carbocycles. The van der Waals surface area contributed by atoms with Crippen molar-refractivity contribution in [3.8, 4) is 0 Å². The summed E-state index contributed by atoms with van der Waals surface area (Å²) in [7, 11) is 5.93. The third-order valence-electron chi connectivity index (χ3n) is 13.0. The highest BCUT2D eigenvalue weighted by Crippen LogP contribution is 2.13. The van der Waals surface area contributed by atoms with E-state index in [9.17, 15) is 19.5 Å². The Morgan fingerprint density at radius 2 is 0.621 bits per heavy atom. The molecule has 0 radical (unpaired) electrons. The minimum atomic E-state index is -1.54. The first-order chi connectivity index (χ1) is 42.6. The van der Waals surface area contributed by atoms with E-state index in [2.05, 4.69) is 220 Å². The highest BCUT2D eigenvalue weighted by atomic mass is 16.7. The molecule has 0 rings (SSSR count). The van der Waals surface area contributed by atoms with Crippen molar-refractivity contribution in [1.29, 1.82) is 0 Å². The summed E-state index contributed by atoms with van der Waals surface area (Å²) < 4.78 is 22.9. The Hall–Kier alpha value is -6.13. The summed E-state index contributed by atoms with van der Waals surface area (Å²) in [6.07, 6.45) is 101. The topological polar surface area (TPSA) is 108 Å². The standard InChI is InChI=1S/C78H119NO8/c1-6-8-10-12-14-16-18-20-22-24-26-28-30-32-34-36-37-38-39-41-43-45-47-49-51-53-55-57-59-61-63-65-67-69-76(81)87-74(73-86-78(77(82)83)84-71-70-79(3,4)5)72-85-75(80)68-66-64-62-60-58-56-54-52-50-48-46-44-42-40-35-33-31-29-27-25-23-21-19-17-15-13-11-9-7-2/h8-11,14-17,20-23,26-29,32-35,37-38,41-44,47-50,53,55,59,61,74,78H,6-7,12-13,18-19,24-25,30-31,36,39-40,45-46,51-52,54,56-58,60,62-73H2,1-5H3/p+1/b10-8-,11-9-,16-14-,17-15-,22-20-,23-21-,28-26-,29-27-,34-32-,35-33-,38-37-,43-41-,44-42-,49-47-,50-48-,55-53-,61-59-. The Morgan fingerprint density at radius 3 is 0.943 bits per heavy atom. The number of carbonyl (C=O) groups is 3. The highest BCUT2D eigenvalue weighted by Gasteiger charge is 2.25. The Labute approximate surface area is 531 Å². The van der Waals surface area contributed by atoms with E-state index in [0.29, 0.717) is 23.9 Å². The number of likely N-dealkylation sites (N-methyl/N-ethyl adjacent to an activating group) is 1. The zero-order chi connectivity index (χ0) is 63.3. The molecule has 0 aliphatic rings. The number of carboxylic acid groups (broad SMARTS) is 1. The number of esters is 2. The zero-order valence-electron chi connectivity index (χ0n) is 55.1. The number of rotatable bonds is 58. The summed E-state index contributed by atoms with van der Waals surface area (Å²) in [6, 6.07) is 0. The Balaban J connectivity index is 4.37. The van der Waals surface area contributed by atoms with Crippen LogP contribution in [0.1, 0.15) is 206 Å². The van der Waals surface area contributed by atoms with Crippen molar-refractivity contribution in [3.05, 3.63) is 207 Å². The highest BCUT2D eigenvalue weighted by molar-refractivity contribution is 5.71. The summed E-state index contributed by atoms with van der Waals surface area (Å²) in [6.45, 7) is 4.55. The average Bonchev–Trinajstić information content (AvgIpc) is 3.59. The van der Waals surface area contributed by atoms with E-state index in [4.69, 9.17) is 18.9 Å². The van der Waals surface area contributed by atoms with Crippen LogP contribution >= 0.6 is 0 Å². The normalized spacial score (nSPS) is 14.1. The molecule has 0 spiro atoms. The first kappa shape index (κ1) is 80.9. The number of ether oxygens (including phenoxy) is 4. The van der Waals surface area contributed by atoms with Gasteiger partial charge >= 0.3 is 17.9 Å².